The molecule has 0 heterocycles. The first kappa shape index (κ1) is 14.2. The number of hydrogen-bond donors (Lipinski definition) is 0. The minimum Gasteiger partial charge on any atom is -0.493 e. The number of nitrogens with zero attached hydrogens (tertiary/aromatic N) is 1. The zero-order valence-corrected chi connectivity index (χ0v) is 11.5. The van der Waals surface area contributed by atoms with E-state index in [-0.39, 0.29) is 0 Å². The molecule has 0 saturated heterocycles. The van der Waals surface area contributed by atoms with Gasteiger partial charge in [0.15, 0.2) is 11.5 Å². The minimum absolute atomic E-state index is 0.358. The van der Waals surface area contributed by atoms with Gasteiger partial charge in [-0.1, -0.05) is 11.6 Å². The lowest BCUT2D eigenvalue weighted by atomic mass is 10.1. The van der Waals surface area contributed by atoms with E-state index in [1.54, 1.807) is 19.1 Å². The Bertz CT molecular complexity index is 492. The molecular formula is C13H14ClNO3. The lowest BCUT2D eigenvalue weighted by Gasteiger charge is -2.14. The van der Waals surface area contributed by atoms with Crippen molar-refractivity contribution in [1.82, 2.24) is 0 Å². The molecule has 0 aliphatic rings. The first-order chi connectivity index (χ1) is 8.58. The van der Waals surface area contributed by atoms with Crippen LogP contribution in [-0.2, 0) is 0 Å². The molecule has 0 amide bonds. The molecule has 0 atom stereocenters. The van der Waals surface area contributed by atoms with Crippen LogP contribution in [0.1, 0.15) is 12.5 Å². The van der Waals surface area contributed by atoms with Crippen molar-refractivity contribution < 1.29 is 14.2 Å². The number of benzene rings is 1. The predicted molar refractivity (Wildman–Crippen MR) is 70.2 cm³/mol. The maximum absolute atomic E-state index is 8.84. The molecule has 0 radical (unpaired) electrons. The Morgan fingerprint density at radius 3 is 1.94 bits per heavy atom. The molecule has 1 aromatic rings. The Labute approximate surface area is 111 Å². The molecule has 0 unspecified atom stereocenters. The first-order valence-corrected chi connectivity index (χ1v) is 5.53. The lowest BCUT2D eigenvalue weighted by Crippen LogP contribution is -1.96. The SMILES string of the molecule is COc1cc(C(Cl)=C(C)C#N)cc(OC)c1OC. The topological polar surface area (TPSA) is 51.5 Å². The fraction of sp³-hybridized carbons (Fsp3) is 0.308. The molecule has 0 aromatic heterocycles. The largest absolute Gasteiger partial charge is 0.493 e. The molecule has 0 saturated carbocycles. The molecule has 1 aromatic carbocycles. The Morgan fingerprint density at radius 2 is 1.61 bits per heavy atom. The molecule has 1 rings (SSSR count). The Kier molecular flexibility index (Phi) is 4.87. The highest BCUT2D eigenvalue weighted by atomic mass is 35.5. The van der Waals surface area contributed by atoms with E-state index < -0.39 is 0 Å². The van der Waals surface area contributed by atoms with Crippen molar-refractivity contribution in [2.45, 2.75) is 6.92 Å². The average molecular weight is 268 g/mol. The molecule has 0 spiro atoms. The summed E-state index contributed by atoms with van der Waals surface area (Å²) in [6.45, 7) is 1.64. The van der Waals surface area contributed by atoms with E-state index in [9.17, 15) is 0 Å². The average Bonchev–Trinajstić information content (AvgIpc) is 2.43. The molecule has 5 heteroatoms. The van der Waals surface area contributed by atoms with Gasteiger partial charge in [0.2, 0.25) is 5.75 Å². The van der Waals surface area contributed by atoms with Gasteiger partial charge in [-0.05, 0) is 19.1 Å². The number of nitriles is 1. The number of ether oxygens (including phenoxy) is 3. The maximum atomic E-state index is 8.84. The van der Waals surface area contributed by atoms with Crippen molar-refractivity contribution in [3.63, 3.8) is 0 Å². The smallest absolute Gasteiger partial charge is 0.203 e. The highest BCUT2D eigenvalue weighted by molar-refractivity contribution is 6.49. The van der Waals surface area contributed by atoms with Crippen LogP contribution in [0.5, 0.6) is 17.2 Å². The number of hydrogen-bond acceptors (Lipinski definition) is 4. The number of halogens is 1. The van der Waals surface area contributed by atoms with Crippen LogP contribution in [0.25, 0.3) is 5.03 Å². The first-order valence-electron chi connectivity index (χ1n) is 5.15. The summed E-state index contributed by atoms with van der Waals surface area (Å²) in [7, 11) is 4.57. The van der Waals surface area contributed by atoms with Crippen LogP contribution >= 0.6 is 11.6 Å². The summed E-state index contributed by atoms with van der Waals surface area (Å²) in [5, 5.41) is 9.20. The zero-order chi connectivity index (χ0) is 13.7. The van der Waals surface area contributed by atoms with Crippen molar-refractivity contribution in [3.8, 4) is 23.3 Å². The summed E-state index contributed by atoms with van der Waals surface area (Å²) in [5.41, 5.74) is 1.07. The van der Waals surface area contributed by atoms with Crippen molar-refractivity contribution in [1.29, 1.82) is 5.26 Å². The van der Waals surface area contributed by atoms with Crippen LogP contribution in [0.2, 0.25) is 0 Å². The number of allylic oxidation sites excluding steroid dienone is 1. The van der Waals surface area contributed by atoms with Crippen LogP contribution in [0.15, 0.2) is 17.7 Å². The van der Waals surface area contributed by atoms with Gasteiger partial charge in [0, 0.05) is 11.1 Å². The summed E-state index contributed by atoms with van der Waals surface area (Å²) in [6, 6.07) is 5.40. The van der Waals surface area contributed by atoms with E-state index in [1.807, 2.05) is 6.07 Å². The van der Waals surface area contributed by atoms with Crippen molar-refractivity contribution >= 4 is 16.6 Å². The van der Waals surface area contributed by atoms with E-state index in [1.165, 1.54) is 21.3 Å². The molecule has 0 N–H and O–H groups in total. The van der Waals surface area contributed by atoms with E-state index >= 15 is 0 Å². The van der Waals surface area contributed by atoms with Crippen LogP contribution in [0.3, 0.4) is 0 Å². The molecule has 96 valence electrons. The Hall–Kier alpha value is -1.86. The third kappa shape index (κ3) is 2.69. The van der Waals surface area contributed by atoms with Crippen LogP contribution in [0.4, 0.5) is 0 Å². The van der Waals surface area contributed by atoms with Gasteiger partial charge in [-0.15, -0.1) is 0 Å². The van der Waals surface area contributed by atoms with Gasteiger partial charge < -0.3 is 14.2 Å². The standard InChI is InChI=1S/C13H14ClNO3/c1-8(7-15)12(14)9-5-10(16-2)13(18-4)11(6-9)17-3/h5-6H,1-4H3. The number of methoxy groups -OCH3 is 3. The fourth-order valence-electron chi connectivity index (χ4n) is 1.47. The monoisotopic (exact) mass is 267 g/mol. The summed E-state index contributed by atoms with van der Waals surface area (Å²) < 4.78 is 15.6. The van der Waals surface area contributed by atoms with E-state index in [4.69, 9.17) is 31.1 Å². The molecular weight excluding hydrogens is 254 g/mol. The molecule has 0 aliphatic carbocycles. The van der Waals surface area contributed by atoms with Crippen LogP contribution in [0, 0.1) is 11.3 Å². The minimum atomic E-state index is 0.358. The van der Waals surface area contributed by atoms with E-state index in [0.717, 1.165) is 0 Å². The van der Waals surface area contributed by atoms with Gasteiger partial charge in [-0.25, -0.2) is 0 Å². The zero-order valence-electron chi connectivity index (χ0n) is 10.7. The van der Waals surface area contributed by atoms with Gasteiger partial charge >= 0.3 is 0 Å². The Morgan fingerprint density at radius 1 is 1.11 bits per heavy atom. The lowest BCUT2D eigenvalue weighted by molar-refractivity contribution is 0.324. The second-order valence-electron chi connectivity index (χ2n) is 3.46. The quantitative estimate of drug-likeness (QED) is 0.786. The van der Waals surface area contributed by atoms with Crippen LogP contribution < -0.4 is 14.2 Å². The molecule has 0 aliphatic heterocycles. The summed E-state index contributed by atoms with van der Waals surface area (Å²) in [5.74, 6) is 1.48. The number of rotatable bonds is 4. The second kappa shape index (κ2) is 6.18. The molecule has 18 heavy (non-hydrogen) atoms. The Balaban J connectivity index is 3.47. The van der Waals surface area contributed by atoms with Crippen molar-refractivity contribution in [3.05, 3.63) is 23.3 Å². The van der Waals surface area contributed by atoms with Gasteiger partial charge in [0.25, 0.3) is 0 Å². The second-order valence-corrected chi connectivity index (χ2v) is 3.84. The predicted octanol–water partition coefficient (Wildman–Crippen LogP) is 3.21. The van der Waals surface area contributed by atoms with Gasteiger partial charge in [0.05, 0.1) is 32.4 Å². The highest BCUT2D eigenvalue weighted by Crippen LogP contribution is 2.41. The molecule has 0 fully saturated rings. The van der Waals surface area contributed by atoms with Gasteiger partial charge in [-0.3, -0.25) is 0 Å². The fourth-order valence-corrected chi connectivity index (χ4v) is 1.62. The molecule has 0 bridgehead atoms. The summed E-state index contributed by atoms with van der Waals surface area (Å²) >= 11 is 6.12. The third-order valence-corrected chi connectivity index (χ3v) is 2.92. The van der Waals surface area contributed by atoms with E-state index in [2.05, 4.69) is 0 Å². The summed E-state index contributed by atoms with van der Waals surface area (Å²) in [6.07, 6.45) is 0. The third-order valence-electron chi connectivity index (χ3n) is 2.42. The van der Waals surface area contributed by atoms with Crippen molar-refractivity contribution in [2.75, 3.05) is 21.3 Å². The van der Waals surface area contributed by atoms with Crippen molar-refractivity contribution in [2.24, 2.45) is 0 Å². The van der Waals surface area contributed by atoms with Crippen LogP contribution in [-0.4, -0.2) is 21.3 Å². The van der Waals surface area contributed by atoms with E-state index in [0.29, 0.717) is 33.4 Å². The highest BCUT2D eigenvalue weighted by Gasteiger charge is 2.15. The maximum Gasteiger partial charge on any atom is 0.203 e. The van der Waals surface area contributed by atoms with Gasteiger partial charge in [-0.2, -0.15) is 5.26 Å². The molecule has 4 nitrogen and oxygen atoms in total. The van der Waals surface area contributed by atoms with Gasteiger partial charge in [0.1, 0.15) is 0 Å². The normalized spacial score (nSPS) is 11.3. The summed E-state index contributed by atoms with van der Waals surface area (Å²) in [4.78, 5) is 0.